The number of likely N-dealkylation sites (tertiary alicyclic amines) is 1. The first-order valence-electron chi connectivity index (χ1n) is 6.85. The number of aliphatic hydroxyl groups is 1. The summed E-state index contributed by atoms with van der Waals surface area (Å²) in [5.74, 6) is -0.341. The molecule has 1 heterocycles. The van der Waals surface area contributed by atoms with Gasteiger partial charge in [0.25, 0.3) is 0 Å². The summed E-state index contributed by atoms with van der Waals surface area (Å²) in [4.78, 5) is 14.1. The molecular formula is C15H20FNO2. The summed E-state index contributed by atoms with van der Waals surface area (Å²) in [5, 5.41) is 9.39. The van der Waals surface area contributed by atoms with E-state index in [1.165, 1.54) is 12.1 Å². The van der Waals surface area contributed by atoms with Crippen molar-refractivity contribution in [3.05, 3.63) is 35.6 Å². The van der Waals surface area contributed by atoms with Crippen LogP contribution in [0, 0.1) is 5.82 Å². The number of rotatable bonds is 3. The van der Waals surface area contributed by atoms with E-state index in [-0.39, 0.29) is 30.8 Å². The van der Waals surface area contributed by atoms with Gasteiger partial charge in [-0.1, -0.05) is 25.0 Å². The Balaban J connectivity index is 2.04. The van der Waals surface area contributed by atoms with Crippen LogP contribution in [-0.4, -0.2) is 35.1 Å². The lowest BCUT2D eigenvalue weighted by atomic mass is 10.1. The number of aliphatic hydroxyl groups excluding tert-OH is 1. The highest BCUT2D eigenvalue weighted by Crippen LogP contribution is 2.18. The zero-order chi connectivity index (χ0) is 13.7. The summed E-state index contributed by atoms with van der Waals surface area (Å²) in [6, 6.07) is 6.06. The van der Waals surface area contributed by atoms with Crippen LogP contribution in [0.1, 0.15) is 31.2 Å². The third-order valence-electron chi connectivity index (χ3n) is 3.65. The first kappa shape index (κ1) is 14.0. The molecule has 19 heavy (non-hydrogen) atoms. The minimum atomic E-state index is -0.320. The molecule has 0 bridgehead atoms. The summed E-state index contributed by atoms with van der Waals surface area (Å²) in [5.41, 5.74) is 0.686. The van der Waals surface area contributed by atoms with Gasteiger partial charge in [0.2, 0.25) is 5.91 Å². The van der Waals surface area contributed by atoms with Crippen molar-refractivity contribution in [1.29, 1.82) is 0 Å². The Bertz CT molecular complexity index is 436. The number of hydrogen-bond acceptors (Lipinski definition) is 2. The molecular weight excluding hydrogens is 245 g/mol. The van der Waals surface area contributed by atoms with E-state index in [4.69, 9.17) is 0 Å². The van der Waals surface area contributed by atoms with Gasteiger partial charge in [-0.3, -0.25) is 4.79 Å². The van der Waals surface area contributed by atoms with Gasteiger partial charge in [-0.25, -0.2) is 4.39 Å². The number of halogens is 1. The monoisotopic (exact) mass is 265 g/mol. The molecule has 1 unspecified atom stereocenters. The highest BCUT2D eigenvalue weighted by molar-refractivity contribution is 5.79. The zero-order valence-corrected chi connectivity index (χ0v) is 11.0. The molecule has 1 aromatic carbocycles. The van der Waals surface area contributed by atoms with Crippen LogP contribution >= 0.6 is 0 Å². The average molecular weight is 265 g/mol. The van der Waals surface area contributed by atoms with Gasteiger partial charge in [-0.05, 0) is 30.5 Å². The van der Waals surface area contributed by atoms with E-state index in [0.29, 0.717) is 12.1 Å². The van der Waals surface area contributed by atoms with Gasteiger partial charge in [0.05, 0.1) is 19.1 Å². The van der Waals surface area contributed by atoms with E-state index in [9.17, 15) is 14.3 Å². The van der Waals surface area contributed by atoms with Gasteiger partial charge in [0, 0.05) is 6.54 Å². The van der Waals surface area contributed by atoms with Crippen molar-refractivity contribution in [1.82, 2.24) is 4.90 Å². The van der Waals surface area contributed by atoms with Crippen LogP contribution in [0.4, 0.5) is 4.39 Å². The van der Waals surface area contributed by atoms with Gasteiger partial charge < -0.3 is 10.0 Å². The van der Waals surface area contributed by atoms with E-state index in [1.54, 1.807) is 17.0 Å². The normalized spacial score (nSPS) is 20.1. The molecule has 0 radical (unpaired) electrons. The quantitative estimate of drug-likeness (QED) is 0.909. The molecule has 2 rings (SSSR count). The minimum Gasteiger partial charge on any atom is -0.394 e. The maximum absolute atomic E-state index is 13.1. The zero-order valence-electron chi connectivity index (χ0n) is 11.0. The molecule has 0 spiro atoms. The summed E-state index contributed by atoms with van der Waals surface area (Å²) in [6.07, 6.45) is 4.18. The Labute approximate surface area is 113 Å². The summed E-state index contributed by atoms with van der Waals surface area (Å²) >= 11 is 0. The number of carbonyl (C=O) groups excluding carboxylic acids is 1. The van der Waals surface area contributed by atoms with Gasteiger partial charge in [0.15, 0.2) is 0 Å². The number of carbonyl (C=O) groups is 1. The molecule has 1 aliphatic heterocycles. The van der Waals surface area contributed by atoms with Crippen LogP contribution in [0.15, 0.2) is 24.3 Å². The van der Waals surface area contributed by atoms with Gasteiger partial charge >= 0.3 is 0 Å². The van der Waals surface area contributed by atoms with Crippen molar-refractivity contribution in [3.63, 3.8) is 0 Å². The fourth-order valence-corrected chi connectivity index (χ4v) is 2.62. The molecule has 0 aromatic heterocycles. The molecule has 1 aromatic rings. The van der Waals surface area contributed by atoms with Crippen molar-refractivity contribution in [2.75, 3.05) is 13.2 Å². The minimum absolute atomic E-state index is 0.00882. The Morgan fingerprint density at radius 3 is 2.95 bits per heavy atom. The van der Waals surface area contributed by atoms with Crippen LogP contribution in [0.25, 0.3) is 0 Å². The lowest BCUT2D eigenvalue weighted by molar-refractivity contribution is -0.133. The lowest BCUT2D eigenvalue weighted by Gasteiger charge is -2.28. The summed E-state index contributed by atoms with van der Waals surface area (Å²) in [6.45, 7) is 0.703. The molecule has 104 valence electrons. The van der Waals surface area contributed by atoms with Crippen molar-refractivity contribution in [2.24, 2.45) is 0 Å². The molecule has 1 fully saturated rings. The molecule has 3 nitrogen and oxygen atoms in total. The number of nitrogens with zero attached hydrogens (tertiary/aromatic N) is 1. The Kier molecular flexibility index (Phi) is 4.91. The standard InChI is InChI=1S/C15H20FNO2/c16-13-6-4-5-12(9-13)10-15(19)17-8-3-1-2-7-14(17)11-18/h4-6,9,14,18H,1-3,7-8,10-11H2. The summed E-state index contributed by atoms with van der Waals surface area (Å²) < 4.78 is 13.1. The highest BCUT2D eigenvalue weighted by Gasteiger charge is 2.24. The van der Waals surface area contributed by atoms with Crippen LogP contribution < -0.4 is 0 Å². The van der Waals surface area contributed by atoms with Crippen LogP contribution in [0.3, 0.4) is 0 Å². The Morgan fingerprint density at radius 2 is 2.21 bits per heavy atom. The largest absolute Gasteiger partial charge is 0.394 e. The third kappa shape index (κ3) is 3.77. The van der Waals surface area contributed by atoms with Crippen LogP contribution in [0.5, 0.6) is 0 Å². The second kappa shape index (κ2) is 6.66. The van der Waals surface area contributed by atoms with E-state index >= 15 is 0 Å². The van der Waals surface area contributed by atoms with Crippen molar-refractivity contribution >= 4 is 5.91 Å². The molecule has 0 aliphatic carbocycles. The van der Waals surface area contributed by atoms with E-state index in [1.807, 2.05) is 0 Å². The lowest BCUT2D eigenvalue weighted by Crippen LogP contribution is -2.42. The maximum Gasteiger partial charge on any atom is 0.227 e. The third-order valence-corrected chi connectivity index (χ3v) is 3.65. The van der Waals surface area contributed by atoms with E-state index in [0.717, 1.165) is 25.7 Å². The highest BCUT2D eigenvalue weighted by atomic mass is 19.1. The Morgan fingerprint density at radius 1 is 1.37 bits per heavy atom. The van der Waals surface area contributed by atoms with Crippen molar-refractivity contribution in [3.8, 4) is 0 Å². The molecule has 0 saturated carbocycles. The molecule has 1 saturated heterocycles. The average Bonchev–Trinajstić information content (AvgIpc) is 2.63. The summed E-state index contributed by atoms with van der Waals surface area (Å²) in [7, 11) is 0. The Hall–Kier alpha value is -1.42. The fourth-order valence-electron chi connectivity index (χ4n) is 2.62. The number of amides is 1. The number of benzene rings is 1. The van der Waals surface area contributed by atoms with Gasteiger partial charge in [-0.15, -0.1) is 0 Å². The molecule has 1 atom stereocenters. The fraction of sp³-hybridized carbons (Fsp3) is 0.533. The second-order valence-corrected chi connectivity index (χ2v) is 5.08. The van der Waals surface area contributed by atoms with Crippen LogP contribution in [-0.2, 0) is 11.2 Å². The molecule has 1 N–H and O–H groups in total. The topological polar surface area (TPSA) is 40.5 Å². The van der Waals surface area contributed by atoms with Gasteiger partial charge in [-0.2, -0.15) is 0 Å². The predicted molar refractivity (Wildman–Crippen MR) is 71.2 cm³/mol. The van der Waals surface area contributed by atoms with Gasteiger partial charge in [0.1, 0.15) is 5.82 Å². The first-order valence-corrected chi connectivity index (χ1v) is 6.85. The van der Waals surface area contributed by atoms with E-state index < -0.39 is 0 Å². The van der Waals surface area contributed by atoms with Crippen molar-refractivity contribution in [2.45, 2.75) is 38.1 Å². The predicted octanol–water partition coefficient (Wildman–Crippen LogP) is 2.13. The molecule has 1 amide bonds. The molecule has 1 aliphatic rings. The van der Waals surface area contributed by atoms with Crippen molar-refractivity contribution < 1.29 is 14.3 Å². The first-order chi connectivity index (χ1) is 9.20. The SMILES string of the molecule is O=C(Cc1cccc(F)c1)N1CCCCCC1CO. The second-order valence-electron chi connectivity index (χ2n) is 5.08. The molecule has 4 heteroatoms. The van der Waals surface area contributed by atoms with Crippen LogP contribution in [0.2, 0.25) is 0 Å². The smallest absolute Gasteiger partial charge is 0.227 e. The van der Waals surface area contributed by atoms with E-state index in [2.05, 4.69) is 0 Å². The maximum atomic E-state index is 13.1. The number of hydrogen-bond donors (Lipinski definition) is 1.